The number of anilines is 1. The first-order chi connectivity index (χ1) is 8.73. The van der Waals surface area contributed by atoms with E-state index in [4.69, 9.17) is 10.5 Å². The van der Waals surface area contributed by atoms with Gasteiger partial charge in [-0.15, -0.1) is 0 Å². The molecule has 1 rings (SSSR count). The van der Waals surface area contributed by atoms with Crippen LogP contribution < -0.4 is 11.1 Å². The highest BCUT2D eigenvalue weighted by molar-refractivity contribution is 9.10. The molecule has 1 amide bonds. The zero-order valence-electron chi connectivity index (χ0n) is 11.2. The fourth-order valence-corrected chi connectivity index (χ4v) is 1.73. The first-order valence-electron chi connectivity index (χ1n) is 5.86. The first-order valence-corrected chi connectivity index (χ1v) is 6.66. The summed E-state index contributed by atoms with van der Waals surface area (Å²) in [7, 11) is 0. The number of carbonyl (C=O) groups excluding carboxylic acids is 1. The molecule has 0 bridgehead atoms. The lowest BCUT2D eigenvalue weighted by molar-refractivity contribution is 0.0636. The fourth-order valence-electron chi connectivity index (χ4n) is 1.38. The Morgan fingerprint density at radius 2 is 2.16 bits per heavy atom. The molecule has 0 saturated carbocycles. The number of nitrogens with two attached hydrogens (primary N) is 1. The summed E-state index contributed by atoms with van der Waals surface area (Å²) in [5.41, 5.74) is 5.55. The van der Waals surface area contributed by atoms with Crippen molar-refractivity contribution >= 4 is 27.7 Å². The fraction of sp³-hybridized carbons (Fsp3) is 0.462. The molecule has 0 aliphatic heterocycles. The van der Waals surface area contributed by atoms with E-state index >= 15 is 0 Å². The molecule has 6 heteroatoms. The van der Waals surface area contributed by atoms with Crippen LogP contribution in [0.4, 0.5) is 14.9 Å². The van der Waals surface area contributed by atoms with Gasteiger partial charge in [-0.1, -0.05) is 6.07 Å². The highest BCUT2D eigenvalue weighted by atomic mass is 79.9. The Bertz CT molecular complexity index is 460. The molecule has 19 heavy (non-hydrogen) atoms. The van der Waals surface area contributed by atoms with Gasteiger partial charge in [-0.2, -0.15) is 0 Å². The number of alkyl halides is 1. The second-order valence-corrected chi connectivity index (χ2v) is 5.92. The maximum absolute atomic E-state index is 13.5. The van der Waals surface area contributed by atoms with Gasteiger partial charge in [-0.05, 0) is 54.4 Å². The monoisotopic (exact) mass is 332 g/mol. The van der Waals surface area contributed by atoms with Gasteiger partial charge in [0, 0.05) is 11.0 Å². The molecular formula is C13H18BrFN2O2. The van der Waals surface area contributed by atoms with Crippen molar-refractivity contribution in [1.29, 1.82) is 0 Å². The minimum atomic E-state index is -1.26. The van der Waals surface area contributed by atoms with Crippen LogP contribution in [0.25, 0.3) is 0 Å². The molecule has 4 nitrogen and oxygen atoms in total. The number of hydrogen-bond donors (Lipinski definition) is 2. The quantitative estimate of drug-likeness (QED) is 0.885. The molecular weight excluding hydrogens is 315 g/mol. The van der Waals surface area contributed by atoms with E-state index in [-0.39, 0.29) is 6.54 Å². The summed E-state index contributed by atoms with van der Waals surface area (Å²) in [4.78, 5) is 11.7. The van der Waals surface area contributed by atoms with Crippen LogP contribution in [0.1, 0.15) is 32.5 Å². The summed E-state index contributed by atoms with van der Waals surface area (Å²) in [5.74, 6) is 0. The van der Waals surface area contributed by atoms with Crippen LogP contribution >= 0.6 is 15.9 Å². The average molecular weight is 333 g/mol. The minimum Gasteiger partial charge on any atom is -0.444 e. The molecule has 0 fully saturated rings. The molecule has 0 heterocycles. The normalized spacial score (nSPS) is 12.9. The Balaban J connectivity index is 2.85. The van der Waals surface area contributed by atoms with Gasteiger partial charge in [0.25, 0.3) is 0 Å². The van der Waals surface area contributed by atoms with Gasteiger partial charge in [-0.25, -0.2) is 9.18 Å². The molecule has 0 radical (unpaired) electrons. The number of amides is 1. The third-order valence-corrected chi connectivity index (χ3v) is 2.89. The molecule has 0 spiro atoms. The van der Waals surface area contributed by atoms with E-state index in [9.17, 15) is 9.18 Å². The van der Waals surface area contributed by atoms with Crippen molar-refractivity contribution in [3.05, 3.63) is 28.2 Å². The smallest absolute Gasteiger partial charge is 0.412 e. The van der Waals surface area contributed by atoms with Crippen molar-refractivity contribution in [3.8, 4) is 0 Å². The molecule has 1 unspecified atom stereocenters. The number of benzene rings is 1. The van der Waals surface area contributed by atoms with Crippen molar-refractivity contribution in [2.45, 2.75) is 32.5 Å². The molecule has 0 aromatic heterocycles. The SMILES string of the molecule is CC(C)(C)OC(=O)Nc1cc(C(F)CN)ccc1Br. The lowest BCUT2D eigenvalue weighted by atomic mass is 10.1. The summed E-state index contributed by atoms with van der Waals surface area (Å²) < 4.78 is 19.3. The van der Waals surface area contributed by atoms with Crippen LogP contribution in [0.15, 0.2) is 22.7 Å². The molecule has 1 aromatic rings. The maximum Gasteiger partial charge on any atom is 0.412 e. The zero-order valence-corrected chi connectivity index (χ0v) is 12.8. The Morgan fingerprint density at radius 1 is 1.53 bits per heavy atom. The van der Waals surface area contributed by atoms with Crippen molar-refractivity contribution in [2.24, 2.45) is 5.73 Å². The van der Waals surface area contributed by atoms with Gasteiger partial charge in [0.05, 0.1) is 5.69 Å². The highest BCUT2D eigenvalue weighted by Gasteiger charge is 2.18. The highest BCUT2D eigenvalue weighted by Crippen LogP contribution is 2.28. The summed E-state index contributed by atoms with van der Waals surface area (Å²) in [5, 5.41) is 2.57. The van der Waals surface area contributed by atoms with E-state index in [2.05, 4.69) is 21.2 Å². The number of ether oxygens (including phenoxy) is 1. The molecule has 0 saturated heterocycles. The third kappa shape index (κ3) is 5.16. The van der Waals surface area contributed by atoms with Gasteiger partial charge in [0.1, 0.15) is 11.8 Å². The molecule has 3 N–H and O–H groups in total. The Kier molecular flexibility index (Phi) is 5.31. The standard InChI is InChI=1S/C13H18BrFN2O2/c1-13(2,3)19-12(18)17-11-6-8(10(15)7-16)4-5-9(11)14/h4-6,10H,7,16H2,1-3H3,(H,17,18). The molecule has 1 aromatic carbocycles. The number of nitrogens with one attached hydrogen (secondary N) is 1. The van der Waals surface area contributed by atoms with E-state index in [1.54, 1.807) is 32.9 Å². The minimum absolute atomic E-state index is 0.104. The van der Waals surface area contributed by atoms with Crippen molar-refractivity contribution in [3.63, 3.8) is 0 Å². The third-order valence-electron chi connectivity index (χ3n) is 2.19. The zero-order chi connectivity index (χ0) is 14.6. The lowest BCUT2D eigenvalue weighted by Crippen LogP contribution is -2.27. The van der Waals surface area contributed by atoms with Crippen molar-refractivity contribution in [2.75, 3.05) is 11.9 Å². The largest absolute Gasteiger partial charge is 0.444 e. The molecule has 0 aliphatic carbocycles. The Morgan fingerprint density at radius 3 is 2.68 bits per heavy atom. The number of hydrogen-bond acceptors (Lipinski definition) is 3. The summed E-state index contributed by atoms with van der Waals surface area (Å²) >= 11 is 3.29. The molecule has 1 atom stereocenters. The number of carbonyl (C=O) groups is 1. The van der Waals surface area contributed by atoms with Crippen LogP contribution in [-0.2, 0) is 4.74 Å². The predicted molar refractivity (Wildman–Crippen MR) is 76.9 cm³/mol. The molecule has 0 aliphatic rings. The Labute approximate surface area is 120 Å². The van der Waals surface area contributed by atoms with E-state index in [1.165, 1.54) is 6.07 Å². The van der Waals surface area contributed by atoms with Gasteiger partial charge < -0.3 is 10.5 Å². The predicted octanol–water partition coefficient (Wildman–Crippen LogP) is 3.77. The lowest BCUT2D eigenvalue weighted by Gasteiger charge is -2.20. The number of halogens is 2. The van der Waals surface area contributed by atoms with Gasteiger partial charge in [0.15, 0.2) is 0 Å². The first kappa shape index (κ1) is 15.9. The van der Waals surface area contributed by atoms with Crippen LogP contribution in [0.3, 0.4) is 0 Å². The Hall–Kier alpha value is -1.14. The topological polar surface area (TPSA) is 64.3 Å². The summed E-state index contributed by atoms with van der Waals surface area (Å²) in [6.07, 6.45) is -1.85. The summed E-state index contributed by atoms with van der Waals surface area (Å²) in [6, 6.07) is 4.80. The second kappa shape index (κ2) is 6.34. The van der Waals surface area contributed by atoms with Crippen molar-refractivity contribution < 1.29 is 13.9 Å². The van der Waals surface area contributed by atoms with E-state index in [0.717, 1.165) is 0 Å². The van der Waals surface area contributed by atoms with Crippen LogP contribution in [0.2, 0.25) is 0 Å². The average Bonchev–Trinajstić information content (AvgIpc) is 2.28. The van der Waals surface area contributed by atoms with Crippen LogP contribution in [-0.4, -0.2) is 18.2 Å². The van der Waals surface area contributed by atoms with E-state index < -0.39 is 17.9 Å². The van der Waals surface area contributed by atoms with Crippen LogP contribution in [0, 0.1) is 0 Å². The van der Waals surface area contributed by atoms with Gasteiger partial charge in [0.2, 0.25) is 0 Å². The van der Waals surface area contributed by atoms with Gasteiger partial charge >= 0.3 is 6.09 Å². The van der Waals surface area contributed by atoms with Crippen molar-refractivity contribution in [1.82, 2.24) is 0 Å². The van der Waals surface area contributed by atoms with Crippen LogP contribution in [0.5, 0.6) is 0 Å². The maximum atomic E-state index is 13.5. The van der Waals surface area contributed by atoms with Gasteiger partial charge in [-0.3, -0.25) is 5.32 Å². The van der Waals surface area contributed by atoms with E-state index in [0.29, 0.717) is 15.7 Å². The number of rotatable bonds is 3. The second-order valence-electron chi connectivity index (χ2n) is 5.07. The summed E-state index contributed by atoms with van der Waals surface area (Å²) in [6.45, 7) is 5.20. The molecule has 106 valence electrons. The van der Waals surface area contributed by atoms with E-state index in [1.807, 2.05) is 0 Å².